The number of hydrogen-bond donors (Lipinski definition) is 0. The van der Waals surface area contributed by atoms with Crippen LogP contribution in [-0.2, 0) is 0 Å². The number of hydrogen-bond acceptors (Lipinski definition) is 1. The van der Waals surface area contributed by atoms with E-state index >= 15 is 0 Å². The van der Waals surface area contributed by atoms with Crippen LogP contribution in [-0.4, -0.2) is 9.13 Å². The zero-order valence-electron chi connectivity index (χ0n) is 25.3. The summed E-state index contributed by atoms with van der Waals surface area (Å²) in [5.41, 5.74) is 7.34. The van der Waals surface area contributed by atoms with Crippen molar-refractivity contribution in [3.63, 3.8) is 0 Å². The molecule has 2 nitrogen and oxygen atoms in total. The van der Waals surface area contributed by atoms with E-state index in [4.69, 9.17) is 0 Å². The van der Waals surface area contributed by atoms with E-state index in [0.717, 1.165) is 0 Å². The molecule has 11 rings (SSSR count). The molecule has 0 fully saturated rings. The highest BCUT2D eigenvalue weighted by Gasteiger charge is 2.23. The number of thiophene rings is 1. The highest BCUT2D eigenvalue weighted by atomic mass is 32.1. The Kier molecular flexibility index (Phi) is 5.02. The normalized spacial score (nSPS) is 12.3. The molecule has 3 aromatic heterocycles. The summed E-state index contributed by atoms with van der Waals surface area (Å²) in [5.74, 6) is 0. The Morgan fingerprint density at radius 3 is 1.87 bits per heavy atom. The number of para-hydroxylation sites is 2. The van der Waals surface area contributed by atoms with E-state index < -0.39 is 0 Å². The van der Waals surface area contributed by atoms with Gasteiger partial charge in [-0.15, -0.1) is 11.3 Å². The molecule has 0 unspecified atom stereocenters. The molecule has 0 saturated carbocycles. The van der Waals surface area contributed by atoms with E-state index in [1.807, 2.05) is 11.3 Å². The van der Waals surface area contributed by atoms with Gasteiger partial charge in [0.1, 0.15) is 0 Å². The maximum atomic E-state index is 2.57. The summed E-state index contributed by atoms with van der Waals surface area (Å²) >= 11 is 1.92. The molecule has 0 N–H and O–H groups in total. The van der Waals surface area contributed by atoms with Crippen LogP contribution >= 0.6 is 11.3 Å². The molecule has 0 saturated heterocycles. The molecule has 8 aromatic carbocycles. The van der Waals surface area contributed by atoms with Gasteiger partial charge in [-0.3, -0.25) is 0 Å². The Bertz CT molecular complexity index is 3070. The fourth-order valence-corrected chi connectivity index (χ4v) is 9.41. The summed E-state index contributed by atoms with van der Waals surface area (Å²) in [6.07, 6.45) is 0. The lowest BCUT2D eigenvalue weighted by molar-refractivity contribution is 1.17. The predicted molar refractivity (Wildman–Crippen MR) is 203 cm³/mol. The van der Waals surface area contributed by atoms with E-state index in [1.165, 1.54) is 96.7 Å². The molecule has 218 valence electrons. The number of benzene rings is 8. The van der Waals surface area contributed by atoms with E-state index in [1.54, 1.807) is 0 Å². The second-order valence-electron chi connectivity index (χ2n) is 12.5. The summed E-state index contributed by atoms with van der Waals surface area (Å²) < 4.78 is 7.63. The molecule has 0 amide bonds. The average molecular weight is 615 g/mol. The van der Waals surface area contributed by atoms with E-state index in [0.29, 0.717) is 0 Å². The maximum absolute atomic E-state index is 2.57. The van der Waals surface area contributed by atoms with E-state index in [9.17, 15) is 0 Å². The first-order chi connectivity index (χ1) is 23.3. The molecule has 47 heavy (non-hydrogen) atoms. The second kappa shape index (κ2) is 9.32. The first kappa shape index (κ1) is 25.3. The standard InChI is InChI=1S/C44H26N2S/c1-2-13-28(14-3-1)45-37-20-10-8-16-31(37)36-26-29(23-25-38(36)45)46-42-30-15-5-4-12-27(30)22-24-35(42)40-32-17-6-7-18-33(32)41-34-19-9-11-21-39(34)47-44(41)43(40)46/h1-26H. The van der Waals surface area contributed by atoms with Gasteiger partial charge in [0, 0.05) is 53.8 Å². The molecule has 0 atom stereocenters. The topological polar surface area (TPSA) is 9.86 Å². The fraction of sp³-hybridized carbons (Fsp3) is 0. The number of rotatable bonds is 2. The van der Waals surface area contributed by atoms with Crippen molar-refractivity contribution in [2.75, 3.05) is 0 Å². The molecule has 0 aliphatic carbocycles. The minimum atomic E-state index is 1.17. The molecule has 0 bridgehead atoms. The molecule has 0 aliphatic heterocycles. The lowest BCUT2D eigenvalue weighted by Crippen LogP contribution is -1.96. The second-order valence-corrected chi connectivity index (χ2v) is 13.5. The summed E-state index contributed by atoms with van der Waals surface area (Å²) in [6, 6.07) is 58.0. The highest BCUT2D eigenvalue weighted by Crippen LogP contribution is 2.49. The zero-order chi connectivity index (χ0) is 30.6. The van der Waals surface area contributed by atoms with Crippen LogP contribution in [0, 0.1) is 0 Å². The van der Waals surface area contributed by atoms with Crippen molar-refractivity contribution in [1.82, 2.24) is 9.13 Å². The van der Waals surface area contributed by atoms with Crippen molar-refractivity contribution >= 4 is 96.7 Å². The summed E-state index contributed by atoms with van der Waals surface area (Å²) in [5, 5.41) is 13.0. The first-order valence-electron chi connectivity index (χ1n) is 16.1. The SMILES string of the molecule is c1ccc(-n2c3ccccc3c3cc(-n4c5c6ccccc6ccc5c5c6ccccc6c6c7ccccc7sc6c54)ccc32)cc1. The van der Waals surface area contributed by atoms with Gasteiger partial charge in [0.05, 0.1) is 26.8 Å². The van der Waals surface area contributed by atoms with Crippen LogP contribution in [0.25, 0.3) is 96.7 Å². The minimum Gasteiger partial charge on any atom is -0.309 e. The fourth-order valence-electron chi connectivity index (χ4n) is 8.15. The molecule has 3 heteroatoms. The molecule has 11 aromatic rings. The van der Waals surface area contributed by atoms with E-state index in [2.05, 4.69) is 167 Å². The van der Waals surface area contributed by atoms with Crippen molar-refractivity contribution in [3.05, 3.63) is 158 Å². The lowest BCUT2D eigenvalue weighted by Gasteiger charge is -2.12. The lowest BCUT2D eigenvalue weighted by atomic mass is 9.98. The van der Waals surface area contributed by atoms with Gasteiger partial charge < -0.3 is 9.13 Å². The zero-order valence-corrected chi connectivity index (χ0v) is 26.1. The Balaban J connectivity index is 1.38. The van der Waals surface area contributed by atoms with Gasteiger partial charge in [0.2, 0.25) is 0 Å². The Labute approximate surface area is 273 Å². The van der Waals surface area contributed by atoms with E-state index in [-0.39, 0.29) is 0 Å². The first-order valence-corrected chi connectivity index (χ1v) is 16.9. The molecule has 3 heterocycles. The molecular weight excluding hydrogens is 589 g/mol. The van der Waals surface area contributed by atoms with Gasteiger partial charge in [-0.1, -0.05) is 115 Å². The third kappa shape index (κ3) is 3.34. The maximum Gasteiger partial charge on any atom is 0.0726 e. The Hall–Kier alpha value is -5.90. The Morgan fingerprint density at radius 2 is 1.02 bits per heavy atom. The largest absolute Gasteiger partial charge is 0.309 e. The van der Waals surface area contributed by atoms with Crippen LogP contribution < -0.4 is 0 Å². The predicted octanol–water partition coefficient (Wildman–Crippen LogP) is 12.6. The van der Waals surface area contributed by atoms with Crippen LogP contribution in [0.1, 0.15) is 0 Å². The number of fused-ring (bicyclic) bond motifs is 15. The van der Waals surface area contributed by atoms with Crippen molar-refractivity contribution in [2.45, 2.75) is 0 Å². The van der Waals surface area contributed by atoms with Crippen molar-refractivity contribution in [3.8, 4) is 11.4 Å². The molecular formula is C44H26N2S. The number of aromatic nitrogens is 2. The summed E-state index contributed by atoms with van der Waals surface area (Å²) in [4.78, 5) is 0. The molecule has 0 aliphatic rings. The van der Waals surface area contributed by atoms with Gasteiger partial charge in [-0.25, -0.2) is 0 Å². The minimum absolute atomic E-state index is 1.17. The van der Waals surface area contributed by atoms with Gasteiger partial charge in [0.15, 0.2) is 0 Å². The van der Waals surface area contributed by atoms with Crippen LogP contribution in [0.3, 0.4) is 0 Å². The van der Waals surface area contributed by atoms with Crippen LogP contribution in [0.15, 0.2) is 158 Å². The molecule has 0 radical (unpaired) electrons. The smallest absolute Gasteiger partial charge is 0.0726 e. The van der Waals surface area contributed by atoms with Crippen molar-refractivity contribution in [1.29, 1.82) is 0 Å². The highest BCUT2D eigenvalue weighted by molar-refractivity contribution is 7.27. The third-order valence-electron chi connectivity index (χ3n) is 10.1. The van der Waals surface area contributed by atoms with Crippen LogP contribution in [0.4, 0.5) is 0 Å². The van der Waals surface area contributed by atoms with Gasteiger partial charge in [-0.05, 0) is 58.6 Å². The number of nitrogens with zero attached hydrogens (tertiary/aromatic N) is 2. The third-order valence-corrected chi connectivity index (χ3v) is 11.2. The van der Waals surface area contributed by atoms with Crippen LogP contribution in [0.5, 0.6) is 0 Å². The molecule has 0 spiro atoms. The van der Waals surface area contributed by atoms with Crippen molar-refractivity contribution < 1.29 is 0 Å². The quantitative estimate of drug-likeness (QED) is 0.183. The van der Waals surface area contributed by atoms with Crippen LogP contribution in [0.2, 0.25) is 0 Å². The van der Waals surface area contributed by atoms with Gasteiger partial charge >= 0.3 is 0 Å². The van der Waals surface area contributed by atoms with Crippen molar-refractivity contribution in [2.24, 2.45) is 0 Å². The Morgan fingerprint density at radius 1 is 0.362 bits per heavy atom. The summed E-state index contributed by atoms with van der Waals surface area (Å²) in [7, 11) is 0. The average Bonchev–Trinajstić information content (AvgIpc) is 3.80. The van der Waals surface area contributed by atoms with Gasteiger partial charge in [0.25, 0.3) is 0 Å². The van der Waals surface area contributed by atoms with Gasteiger partial charge in [-0.2, -0.15) is 0 Å². The summed E-state index contributed by atoms with van der Waals surface area (Å²) in [6.45, 7) is 0. The monoisotopic (exact) mass is 614 g/mol.